The molecular weight excluding hydrogens is 512 g/mol. The summed E-state index contributed by atoms with van der Waals surface area (Å²) in [6, 6.07) is 0. The molecule has 0 heterocycles. The van der Waals surface area contributed by atoms with Gasteiger partial charge in [0.1, 0.15) is 5.78 Å². The fraction of sp³-hybridized carbons (Fsp3) is 0.450. The second kappa shape index (κ2) is 18.3. The summed E-state index contributed by atoms with van der Waals surface area (Å²) in [4.78, 5) is 23.7. The Hall–Kier alpha value is -3.26. The molecule has 0 aromatic carbocycles. The zero-order chi connectivity index (χ0) is 31.8. The second-order valence-electron chi connectivity index (χ2n) is 13.2. The Labute approximate surface area is 257 Å². The monoisotopic (exact) mass is 568 g/mol. The molecule has 0 aromatic heterocycles. The van der Waals surface area contributed by atoms with E-state index in [4.69, 9.17) is 0 Å². The number of hydrogen-bond acceptors (Lipinski definition) is 2. The molecule has 0 unspecified atom stereocenters. The highest BCUT2D eigenvalue weighted by molar-refractivity contribution is 5.94. The quantitative estimate of drug-likeness (QED) is 0.112. The molecule has 1 aliphatic rings. The normalized spacial score (nSPS) is 19.7. The Balaban J connectivity index is 2.60. The number of ketones is 2. The summed E-state index contributed by atoms with van der Waals surface area (Å²) < 4.78 is 0. The highest BCUT2D eigenvalue weighted by Gasteiger charge is 2.30. The van der Waals surface area contributed by atoms with Crippen LogP contribution in [0.5, 0.6) is 0 Å². The molecule has 0 aliphatic heterocycles. The maximum atomic E-state index is 12.6. The molecule has 0 aromatic rings. The van der Waals surface area contributed by atoms with Gasteiger partial charge in [-0.15, -0.1) is 0 Å². The van der Waals surface area contributed by atoms with Gasteiger partial charge in [-0.25, -0.2) is 0 Å². The molecule has 0 fully saturated rings. The molecule has 2 nitrogen and oxygen atoms in total. The molecule has 0 saturated heterocycles. The molecule has 0 radical (unpaired) electrons. The zero-order valence-corrected chi connectivity index (χ0v) is 28.1. The number of carbonyl (C=O) groups is 2. The first-order valence-corrected chi connectivity index (χ1v) is 15.4. The Morgan fingerprint density at radius 1 is 0.786 bits per heavy atom. The third-order valence-electron chi connectivity index (χ3n) is 7.90. The van der Waals surface area contributed by atoms with Crippen LogP contribution >= 0.6 is 0 Å². The van der Waals surface area contributed by atoms with Gasteiger partial charge in [-0.1, -0.05) is 141 Å². The lowest BCUT2D eigenvalue weighted by Gasteiger charge is -2.36. The highest BCUT2D eigenvalue weighted by atomic mass is 16.1. The molecule has 0 bridgehead atoms. The molecule has 228 valence electrons. The summed E-state index contributed by atoms with van der Waals surface area (Å²) >= 11 is 0. The van der Waals surface area contributed by atoms with Crippen LogP contribution in [0.25, 0.3) is 0 Å². The van der Waals surface area contributed by atoms with E-state index in [9.17, 15) is 9.59 Å². The topological polar surface area (TPSA) is 34.1 Å². The summed E-state index contributed by atoms with van der Waals surface area (Å²) in [6.07, 6.45) is 35.7. The first kappa shape index (κ1) is 36.8. The minimum absolute atomic E-state index is 0.0942. The minimum Gasteiger partial charge on any atom is -0.300 e. The van der Waals surface area contributed by atoms with Crippen molar-refractivity contribution in [3.63, 3.8) is 0 Å². The van der Waals surface area contributed by atoms with Crippen LogP contribution in [-0.4, -0.2) is 11.6 Å². The molecule has 0 N–H and O–H groups in total. The summed E-state index contributed by atoms with van der Waals surface area (Å²) in [5.41, 5.74) is 5.96. The van der Waals surface area contributed by atoms with Crippen molar-refractivity contribution in [2.45, 2.75) is 101 Å². The van der Waals surface area contributed by atoms with Gasteiger partial charge in [0.25, 0.3) is 0 Å². The first-order valence-electron chi connectivity index (χ1n) is 15.4. The molecule has 0 spiro atoms. The van der Waals surface area contributed by atoms with Crippen molar-refractivity contribution >= 4 is 11.6 Å². The minimum atomic E-state index is -0.452. The zero-order valence-electron chi connectivity index (χ0n) is 28.1. The van der Waals surface area contributed by atoms with Crippen LogP contribution in [-0.2, 0) is 9.59 Å². The lowest BCUT2D eigenvalue weighted by Crippen LogP contribution is -2.26. The van der Waals surface area contributed by atoms with E-state index in [-0.39, 0.29) is 11.6 Å². The molecule has 0 saturated carbocycles. The van der Waals surface area contributed by atoms with Crippen LogP contribution in [0.15, 0.2) is 119 Å². The van der Waals surface area contributed by atoms with Gasteiger partial charge in [0.05, 0.1) is 0 Å². The lowest BCUT2D eigenvalue weighted by molar-refractivity contribution is -0.123. The molecule has 1 aliphatic carbocycles. The van der Waals surface area contributed by atoms with Crippen molar-refractivity contribution in [3.8, 4) is 0 Å². The molecule has 42 heavy (non-hydrogen) atoms. The van der Waals surface area contributed by atoms with Gasteiger partial charge in [0.15, 0.2) is 5.78 Å². The molecular formula is C40H56O2. The number of Topliss-reactive ketones (excluding diaryl/α,β-unsaturated/α-hetero) is 1. The predicted octanol–water partition coefficient (Wildman–Crippen LogP) is 11.3. The van der Waals surface area contributed by atoms with Crippen LogP contribution in [0.3, 0.4) is 0 Å². The van der Waals surface area contributed by atoms with E-state index < -0.39 is 5.41 Å². The molecule has 1 rings (SSSR count). The van der Waals surface area contributed by atoms with Gasteiger partial charge < -0.3 is 4.79 Å². The standard InChI is InChI=1S/C40H56O2/c1-31(19-13-21-33(3)25-27-37-35(5)23-15-29-39(37,7)8)17-11-12-18-32(2)20-14-22-34(4)26-28-38(42)40(9,10)30-16-24-36(6)41/h11-14,17-23,25-28,37H,15-16,24,29-30H2,1-10H3/b12-11+,19-13+,20-14-,27-25+,28-26+,31-17+,32-18+,33-21+,34-22-/t37-/m0/s1. The van der Waals surface area contributed by atoms with Crippen molar-refractivity contribution < 1.29 is 9.59 Å². The maximum absolute atomic E-state index is 12.6. The van der Waals surface area contributed by atoms with Gasteiger partial charge in [-0.05, 0) is 78.7 Å². The number of rotatable bonds is 15. The van der Waals surface area contributed by atoms with Crippen molar-refractivity contribution in [3.05, 3.63) is 119 Å². The van der Waals surface area contributed by atoms with Crippen molar-refractivity contribution in [1.82, 2.24) is 0 Å². The fourth-order valence-corrected chi connectivity index (χ4v) is 4.91. The molecule has 0 amide bonds. The fourth-order valence-electron chi connectivity index (χ4n) is 4.91. The van der Waals surface area contributed by atoms with E-state index >= 15 is 0 Å². The van der Waals surface area contributed by atoms with Crippen LogP contribution in [0.2, 0.25) is 0 Å². The van der Waals surface area contributed by atoms with Gasteiger partial charge in [-0.2, -0.15) is 0 Å². The van der Waals surface area contributed by atoms with Crippen LogP contribution in [0.1, 0.15) is 101 Å². The van der Waals surface area contributed by atoms with Crippen molar-refractivity contribution in [2.75, 3.05) is 0 Å². The Morgan fingerprint density at radius 2 is 1.29 bits per heavy atom. The Bertz CT molecular complexity index is 1230. The van der Waals surface area contributed by atoms with E-state index in [1.807, 2.05) is 45.1 Å². The van der Waals surface area contributed by atoms with Crippen LogP contribution in [0.4, 0.5) is 0 Å². The highest BCUT2D eigenvalue weighted by Crippen LogP contribution is 2.41. The van der Waals surface area contributed by atoms with E-state index in [0.717, 1.165) is 17.6 Å². The summed E-state index contributed by atoms with van der Waals surface area (Å²) in [6.45, 7) is 20.8. The van der Waals surface area contributed by atoms with Gasteiger partial charge in [-0.3, -0.25) is 4.79 Å². The van der Waals surface area contributed by atoms with Crippen LogP contribution in [0, 0.1) is 16.7 Å². The van der Waals surface area contributed by atoms with Crippen LogP contribution < -0.4 is 0 Å². The number of hydrogen-bond donors (Lipinski definition) is 0. The maximum Gasteiger partial charge on any atom is 0.161 e. The van der Waals surface area contributed by atoms with Gasteiger partial charge in [0, 0.05) is 17.8 Å². The van der Waals surface area contributed by atoms with E-state index in [1.165, 1.54) is 29.6 Å². The number of carbonyl (C=O) groups excluding carboxylic acids is 2. The van der Waals surface area contributed by atoms with Gasteiger partial charge in [0.2, 0.25) is 0 Å². The summed E-state index contributed by atoms with van der Waals surface area (Å²) in [5.74, 6) is 0.779. The Kier molecular flexibility index (Phi) is 16.0. The Morgan fingerprint density at radius 3 is 1.81 bits per heavy atom. The smallest absolute Gasteiger partial charge is 0.161 e. The lowest BCUT2D eigenvalue weighted by atomic mass is 9.68. The largest absolute Gasteiger partial charge is 0.300 e. The van der Waals surface area contributed by atoms with Gasteiger partial charge >= 0.3 is 0 Å². The third kappa shape index (κ3) is 15.1. The van der Waals surface area contributed by atoms with E-state index in [0.29, 0.717) is 24.2 Å². The summed E-state index contributed by atoms with van der Waals surface area (Å²) in [5, 5.41) is 0. The second-order valence-corrected chi connectivity index (χ2v) is 13.2. The average molecular weight is 569 g/mol. The van der Waals surface area contributed by atoms with Crippen molar-refractivity contribution in [1.29, 1.82) is 0 Å². The first-order chi connectivity index (χ1) is 19.6. The molecule has 1 atom stereocenters. The third-order valence-corrected chi connectivity index (χ3v) is 7.90. The van der Waals surface area contributed by atoms with E-state index in [2.05, 4.69) is 102 Å². The SMILES string of the molecule is CC(=O)CCCC(C)(C)C(=O)/C=C/C(C)=C\C=C/C(C)=C/C=C/C=C(C)/C=C/C=C(C)/C=C/[C@H]1C(C)=CCCC1(C)C. The average Bonchev–Trinajstić information content (AvgIpc) is 2.88. The van der Waals surface area contributed by atoms with Crippen molar-refractivity contribution in [2.24, 2.45) is 16.7 Å². The molecule has 2 heteroatoms. The predicted molar refractivity (Wildman–Crippen MR) is 184 cm³/mol. The summed E-state index contributed by atoms with van der Waals surface area (Å²) in [7, 11) is 0. The number of allylic oxidation sites excluding steroid dienone is 20. The van der Waals surface area contributed by atoms with E-state index in [1.54, 1.807) is 13.0 Å².